The van der Waals surface area contributed by atoms with Gasteiger partial charge in [-0.1, -0.05) is 30.0 Å². The summed E-state index contributed by atoms with van der Waals surface area (Å²) < 4.78 is 5.52. The van der Waals surface area contributed by atoms with Crippen LogP contribution in [-0.2, 0) is 5.75 Å². The molecule has 0 unspecified atom stereocenters. The van der Waals surface area contributed by atoms with Gasteiger partial charge in [0.15, 0.2) is 0 Å². The quantitative estimate of drug-likeness (QED) is 0.369. The highest BCUT2D eigenvalue weighted by Gasteiger charge is 2.20. The van der Waals surface area contributed by atoms with Crippen molar-refractivity contribution in [1.82, 2.24) is 10.2 Å². The molecule has 1 heterocycles. The van der Waals surface area contributed by atoms with Gasteiger partial charge in [0.25, 0.3) is 16.6 Å². The number of nitrogens with zero attached hydrogens (tertiary/aromatic N) is 4. The number of rotatable bonds is 6. The van der Waals surface area contributed by atoms with Gasteiger partial charge in [-0.2, -0.15) is 0 Å². The molecule has 0 saturated heterocycles. The van der Waals surface area contributed by atoms with E-state index in [4.69, 9.17) is 4.42 Å². The lowest BCUT2D eigenvalue weighted by molar-refractivity contribution is -0.394. The number of hydrogen-bond acceptors (Lipinski definition) is 8. The third-order valence-corrected chi connectivity index (χ3v) is 4.12. The monoisotopic (exact) mass is 358 g/mol. The number of thioether (sulfide) groups is 1. The topological polar surface area (TPSA) is 125 Å². The number of nitro groups is 2. The lowest BCUT2D eigenvalue weighted by Crippen LogP contribution is -1.97. The number of hydrogen-bond donors (Lipinski definition) is 0. The van der Waals surface area contributed by atoms with Crippen LogP contribution in [0.1, 0.15) is 5.56 Å². The summed E-state index contributed by atoms with van der Waals surface area (Å²) in [5.74, 6) is 0.520. The van der Waals surface area contributed by atoms with Crippen molar-refractivity contribution in [2.24, 2.45) is 0 Å². The molecule has 0 spiro atoms. The molecule has 0 aliphatic rings. The molecule has 0 N–H and O–H groups in total. The molecule has 3 rings (SSSR count). The molecule has 9 nitrogen and oxygen atoms in total. The standard InChI is InChI=1S/C15H10N4O5S/c20-18(21)12-7-6-11(13(8-12)19(22)23)9-25-15-17-16-14(24-15)10-4-2-1-3-5-10/h1-8H,9H2. The van der Waals surface area contributed by atoms with Crippen LogP contribution in [0, 0.1) is 20.2 Å². The predicted molar refractivity (Wildman–Crippen MR) is 89.0 cm³/mol. The van der Waals surface area contributed by atoms with Crippen LogP contribution in [0.2, 0.25) is 0 Å². The lowest BCUT2D eigenvalue weighted by atomic mass is 10.2. The molecule has 0 aliphatic carbocycles. The lowest BCUT2D eigenvalue weighted by Gasteiger charge is -2.01. The van der Waals surface area contributed by atoms with E-state index in [2.05, 4.69) is 10.2 Å². The zero-order valence-corrected chi connectivity index (χ0v) is 13.4. The van der Waals surface area contributed by atoms with E-state index in [0.717, 1.165) is 23.4 Å². The van der Waals surface area contributed by atoms with Crippen molar-refractivity contribution in [3.63, 3.8) is 0 Å². The van der Waals surface area contributed by atoms with E-state index in [0.29, 0.717) is 11.5 Å². The second-order valence-corrected chi connectivity index (χ2v) is 5.78. The number of nitro benzene ring substituents is 2. The maximum absolute atomic E-state index is 11.1. The summed E-state index contributed by atoms with van der Waals surface area (Å²) in [7, 11) is 0. The van der Waals surface area contributed by atoms with E-state index < -0.39 is 9.85 Å². The van der Waals surface area contributed by atoms with Gasteiger partial charge < -0.3 is 4.42 Å². The van der Waals surface area contributed by atoms with E-state index in [1.165, 1.54) is 12.1 Å². The minimum Gasteiger partial charge on any atom is -0.411 e. The fourth-order valence-corrected chi connectivity index (χ4v) is 2.82. The van der Waals surface area contributed by atoms with Crippen LogP contribution in [0.25, 0.3) is 11.5 Å². The molecule has 1 aromatic heterocycles. The van der Waals surface area contributed by atoms with E-state index in [1.807, 2.05) is 30.3 Å². The summed E-state index contributed by atoms with van der Waals surface area (Å²) in [5.41, 5.74) is 0.456. The second kappa shape index (κ2) is 7.09. The molecule has 10 heteroatoms. The van der Waals surface area contributed by atoms with Crippen LogP contribution >= 0.6 is 11.8 Å². The zero-order chi connectivity index (χ0) is 17.8. The Morgan fingerprint density at radius 2 is 1.76 bits per heavy atom. The van der Waals surface area contributed by atoms with Crippen molar-refractivity contribution in [2.75, 3.05) is 0 Å². The molecular weight excluding hydrogens is 348 g/mol. The predicted octanol–water partition coefficient (Wildman–Crippen LogP) is 3.85. The highest BCUT2D eigenvalue weighted by Crippen LogP contribution is 2.31. The maximum atomic E-state index is 11.1. The Hall–Kier alpha value is -3.27. The molecule has 0 fully saturated rings. The summed E-state index contributed by atoms with van der Waals surface area (Å²) in [5, 5.41) is 30.0. The molecule has 3 aromatic rings. The van der Waals surface area contributed by atoms with Gasteiger partial charge in [0.05, 0.1) is 15.9 Å². The first-order valence-electron chi connectivity index (χ1n) is 6.98. The fraction of sp³-hybridized carbons (Fsp3) is 0.0667. The highest BCUT2D eigenvalue weighted by atomic mass is 32.2. The zero-order valence-electron chi connectivity index (χ0n) is 12.6. The summed E-state index contributed by atoms with van der Waals surface area (Å²) in [6, 6.07) is 12.7. The Morgan fingerprint density at radius 1 is 1.00 bits per heavy atom. The Morgan fingerprint density at radius 3 is 2.44 bits per heavy atom. The largest absolute Gasteiger partial charge is 0.411 e. The van der Waals surface area contributed by atoms with Gasteiger partial charge in [-0.25, -0.2) is 0 Å². The summed E-state index contributed by atoms with van der Waals surface area (Å²) in [6.45, 7) is 0. The molecule has 0 saturated carbocycles. The first kappa shape index (κ1) is 16.6. The Balaban J connectivity index is 1.77. The maximum Gasteiger partial charge on any atom is 0.280 e. The number of non-ortho nitro benzene ring substituents is 1. The Kier molecular flexibility index (Phi) is 4.70. The third-order valence-electron chi connectivity index (χ3n) is 3.25. The van der Waals surface area contributed by atoms with E-state index in [1.54, 1.807) is 0 Å². The van der Waals surface area contributed by atoms with Crippen LogP contribution < -0.4 is 0 Å². The van der Waals surface area contributed by atoms with Gasteiger partial charge in [0.2, 0.25) is 5.89 Å². The van der Waals surface area contributed by atoms with Gasteiger partial charge in [0.1, 0.15) is 0 Å². The summed E-state index contributed by atoms with van der Waals surface area (Å²) in [4.78, 5) is 20.5. The highest BCUT2D eigenvalue weighted by molar-refractivity contribution is 7.98. The molecule has 0 radical (unpaired) electrons. The molecular formula is C15H10N4O5S. The Bertz CT molecular complexity index is 929. The minimum absolute atomic E-state index is 0.171. The van der Waals surface area contributed by atoms with Crippen molar-refractivity contribution in [2.45, 2.75) is 11.0 Å². The minimum atomic E-state index is -0.673. The Labute approximate surface area is 145 Å². The summed E-state index contributed by atoms with van der Waals surface area (Å²) in [6.07, 6.45) is 0. The average molecular weight is 358 g/mol. The van der Waals surface area contributed by atoms with Gasteiger partial charge in [-0.3, -0.25) is 20.2 Å². The molecule has 2 aromatic carbocycles. The van der Waals surface area contributed by atoms with Crippen LogP contribution in [0.15, 0.2) is 58.2 Å². The number of benzene rings is 2. The fourth-order valence-electron chi connectivity index (χ4n) is 2.06. The molecule has 0 aliphatic heterocycles. The van der Waals surface area contributed by atoms with E-state index in [-0.39, 0.29) is 22.4 Å². The first-order valence-corrected chi connectivity index (χ1v) is 7.96. The number of aromatic nitrogens is 2. The van der Waals surface area contributed by atoms with Gasteiger partial charge in [0, 0.05) is 22.9 Å². The smallest absolute Gasteiger partial charge is 0.280 e. The van der Waals surface area contributed by atoms with Crippen LogP contribution in [-0.4, -0.2) is 20.0 Å². The molecule has 25 heavy (non-hydrogen) atoms. The van der Waals surface area contributed by atoms with Crippen LogP contribution in [0.4, 0.5) is 11.4 Å². The van der Waals surface area contributed by atoms with Crippen molar-refractivity contribution in [1.29, 1.82) is 0 Å². The first-order chi connectivity index (χ1) is 12.0. The summed E-state index contributed by atoms with van der Waals surface area (Å²) >= 11 is 1.12. The van der Waals surface area contributed by atoms with Crippen molar-refractivity contribution >= 4 is 23.1 Å². The van der Waals surface area contributed by atoms with Crippen LogP contribution in [0.5, 0.6) is 0 Å². The molecule has 0 amide bonds. The van der Waals surface area contributed by atoms with Crippen molar-refractivity contribution < 1.29 is 14.3 Å². The molecule has 126 valence electrons. The van der Waals surface area contributed by atoms with E-state index in [9.17, 15) is 20.2 Å². The van der Waals surface area contributed by atoms with Gasteiger partial charge in [-0.05, 0) is 18.2 Å². The second-order valence-electron chi connectivity index (χ2n) is 4.86. The van der Waals surface area contributed by atoms with Crippen molar-refractivity contribution in [3.05, 3.63) is 74.3 Å². The average Bonchev–Trinajstić information content (AvgIpc) is 3.09. The molecule has 0 atom stereocenters. The normalized spacial score (nSPS) is 10.6. The van der Waals surface area contributed by atoms with Gasteiger partial charge >= 0.3 is 0 Å². The SMILES string of the molecule is O=[N+]([O-])c1ccc(CSc2nnc(-c3ccccc3)o2)c([N+](=O)[O-])c1. The van der Waals surface area contributed by atoms with E-state index >= 15 is 0 Å². The third kappa shape index (κ3) is 3.80. The van der Waals surface area contributed by atoms with Crippen LogP contribution in [0.3, 0.4) is 0 Å². The molecule has 0 bridgehead atoms. The van der Waals surface area contributed by atoms with Gasteiger partial charge in [-0.15, -0.1) is 10.2 Å². The van der Waals surface area contributed by atoms with Crippen molar-refractivity contribution in [3.8, 4) is 11.5 Å².